The van der Waals surface area contributed by atoms with Crippen molar-refractivity contribution in [2.24, 2.45) is 5.18 Å². The van der Waals surface area contributed by atoms with E-state index in [0.717, 1.165) is 0 Å². The number of carbonyl (C=O) groups is 2. The van der Waals surface area contributed by atoms with E-state index in [2.05, 4.69) is 5.18 Å². The third-order valence-electron chi connectivity index (χ3n) is 5.09. The molecule has 0 aromatic heterocycles. The van der Waals surface area contributed by atoms with E-state index in [1.807, 2.05) is 4.90 Å². The first-order chi connectivity index (χ1) is 15.0. The molecule has 0 amide bonds. The lowest BCUT2D eigenvalue weighted by atomic mass is 9.88. The van der Waals surface area contributed by atoms with Gasteiger partial charge < -0.3 is 19.1 Å². The van der Waals surface area contributed by atoms with Crippen molar-refractivity contribution in [3.05, 3.63) is 51.9 Å². The number of morpholine rings is 1. The molecule has 3 rings (SSSR count). The summed E-state index contributed by atoms with van der Waals surface area (Å²) in [7, 11) is 0. The van der Waals surface area contributed by atoms with Gasteiger partial charge in [0.2, 0.25) is 0 Å². The normalized spacial score (nSPS) is 13.6. The maximum Gasteiger partial charge on any atom is 0.340 e. The lowest BCUT2D eigenvalue weighted by Gasteiger charge is -2.32. The zero-order chi connectivity index (χ0) is 22.4. The van der Waals surface area contributed by atoms with Crippen LogP contribution in [0.15, 0.2) is 35.5 Å². The Morgan fingerprint density at radius 3 is 2.26 bits per heavy atom. The van der Waals surface area contributed by atoms with Crippen LogP contribution in [0, 0.1) is 11.8 Å². The van der Waals surface area contributed by atoms with Gasteiger partial charge in [-0.05, 0) is 43.6 Å². The number of anilines is 1. The predicted molar refractivity (Wildman–Crippen MR) is 117 cm³/mol. The van der Waals surface area contributed by atoms with Crippen LogP contribution in [0.2, 0.25) is 0 Å². The molecule has 8 heteroatoms. The van der Waals surface area contributed by atoms with Gasteiger partial charge in [0.15, 0.2) is 0 Å². The predicted octanol–water partition coefficient (Wildman–Crippen LogP) is 4.25. The lowest BCUT2D eigenvalue weighted by molar-refractivity contribution is 0.0526. The van der Waals surface area contributed by atoms with Gasteiger partial charge in [-0.1, -0.05) is 18.2 Å². The van der Waals surface area contributed by atoms with Crippen LogP contribution in [0.1, 0.15) is 40.1 Å². The fraction of sp³-hybridized carbons (Fsp3) is 0.391. The molecule has 0 saturated carbocycles. The molecule has 0 unspecified atom stereocenters. The monoisotopic (exact) mass is 426 g/mol. The highest BCUT2D eigenvalue weighted by molar-refractivity contribution is 6.11. The zero-order valence-electron chi connectivity index (χ0n) is 18.0. The summed E-state index contributed by atoms with van der Waals surface area (Å²) in [6.07, 6.45) is 0. The molecule has 0 atom stereocenters. The lowest BCUT2D eigenvalue weighted by Crippen LogP contribution is -2.37. The van der Waals surface area contributed by atoms with Crippen molar-refractivity contribution in [3.8, 4) is 11.1 Å². The van der Waals surface area contributed by atoms with Crippen LogP contribution in [-0.2, 0) is 14.2 Å². The Labute approximate surface area is 181 Å². The van der Waals surface area contributed by atoms with E-state index in [1.165, 1.54) is 0 Å². The van der Waals surface area contributed by atoms with Gasteiger partial charge in [-0.25, -0.2) is 9.59 Å². The number of aryl methyl sites for hydroxylation is 1. The highest BCUT2D eigenvalue weighted by Gasteiger charge is 2.31. The second-order valence-corrected chi connectivity index (χ2v) is 6.99. The Hall–Kier alpha value is -3.26. The zero-order valence-corrected chi connectivity index (χ0v) is 18.0. The van der Waals surface area contributed by atoms with Crippen molar-refractivity contribution < 1.29 is 23.8 Å². The van der Waals surface area contributed by atoms with Crippen molar-refractivity contribution in [2.45, 2.75) is 20.8 Å². The summed E-state index contributed by atoms with van der Waals surface area (Å²) in [5.41, 5.74) is 2.49. The topological polar surface area (TPSA) is 94.5 Å². The summed E-state index contributed by atoms with van der Waals surface area (Å²) in [5.74, 6) is -1.15. The Bertz CT molecular complexity index is 982. The van der Waals surface area contributed by atoms with Gasteiger partial charge in [-0.2, -0.15) is 0 Å². The molecular weight excluding hydrogens is 400 g/mol. The number of ether oxygens (including phenoxy) is 3. The first-order valence-electron chi connectivity index (χ1n) is 10.3. The minimum Gasteiger partial charge on any atom is -0.462 e. The molecule has 0 bridgehead atoms. The first kappa shape index (κ1) is 22.4. The van der Waals surface area contributed by atoms with Crippen LogP contribution < -0.4 is 4.90 Å². The van der Waals surface area contributed by atoms with E-state index >= 15 is 0 Å². The van der Waals surface area contributed by atoms with Gasteiger partial charge in [0.25, 0.3) is 0 Å². The van der Waals surface area contributed by atoms with Crippen LogP contribution in [0.3, 0.4) is 0 Å². The van der Waals surface area contributed by atoms with E-state index in [9.17, 15) is 14.5 Å². The van der Waals surface area contributed by atoms with E-state index in [-0.39, 0.29) is 30.0 Å². The number of rotatable bonds is 7. The van der Waals surface area contributed by atoms with Crippen molar-refractivity contribution in [1.82, 2.24) is 0 Å². The standard InChI is InChI=1S/C23H26N2O6/c1-4-30-22(26)19-15(3)14-18(25-10-12-29-13-11-25)21(23(27)31-5-2)20(19)16-8-6-7-9-17(16)24-28/h6-9,14H,4-5,10-13H2,1-3H3. The fourth-order valence-corrected chi connectivity index (χ4v) is 3.76. The van der Waals surface area contributed by atoms with E-state index < -0.39 is 11.9 Å². The van der Waals surface area contributed by atoms with Crippen molar-refractivity contribution in [1.29, 1.82) is 0 Å². The third-order valence-corrected chi connectivity index (χ3v) is 5.09. The van der Waals surface area contributed by atoms with Gasteiger partial charge in [0.1, 0.15) is 5.69 Å². The highest BCUT2D eigenvalue weighted by atomic mass is 16.5. The molecule has 1 heterocycles. The molecule has 2 aromatic rings. The van der Waals surface area contributed by atoms with E-state index in [4.69, 9.17) is 14.2 Å². The van der Waals surface area contributed by atoms with Crippen LogP contribution in [0.4, 0.5) is 11.4 Å². The molecule has 0 N–H and O–H groups in total. The molecule has 0 radical (unpaired) electrons. The molecule has 1 saturated heterocycles. The molecule has 1 fully saturated rings. The van der Waals surface area contributed by atoms with Crippen molar-refractivity contribution >= 4 is 23.3 Å². The number of hydrogen-bond acceptors (Lipinski definition) is 8. The van der Waals surface area contributed by atoms with Crippen LogP contribution >= 0.6 is 0 Å². The van der Waals surface area contributed by atoms with Crippen LogP contribution in [0.25, 0.3) is 11.1 Å². The minimum absolute atomic E-state index is 0.122. The summed E-state index contributed by atoms with van der Waals surface area (Å²) in [5, 5.41) is 3.12. The Balaban J connectivity index is 2.40. The van der Waals surface area contributed by atoms with Crippen molar-refractivity contribution in [2.75, 3.05) is 44.4 Å². The summed E-state index contributed by atoms with van der Waals surface area (Å²) in [6, 6.07) is 8.41. The average Bonchev–Trinajstić information content (AvgIpc) is 2.79. The molecule has 164 valence electrons. The Kier molecular flexibility index (Phi) is 7.36. The number of nitrogens with zero attached hydrogens (tertiary/aromatic N) is 2. The second kappa shape index (κ2) is 10.2. The molecule has 1 aliphatic heterocycles. The maximum atomic E-state index is 13.2. The average molecular weight is 426 g/mol. The van der Waals surface area contributed by atoms with Gasteiger partial charge in [0.05, 0.1) is 43.2 Å². The highest BCUT2D eigenvalue weighted by Crippen LogP contribution is 2.41. The van der Waals surface area contributed by atoms with E-state index in [0.29, 0.717) is 48.7 Å². The maximum absolute atomic E-state index is 13.2. The van der Waals surface area contributed by atoms with Crippen LogP contribution in [0.5, 0.6) is 0 Å². The number of esters is 2. The van der Waals surface area contributed by atoms with E-state index in [1.54, 1.807) is 51.1 Å². The SMILES string of the molecule is CCOC(=O)c1c(C)cc(N2CCOCC2)c(C(=O)OCC)c1-c1ccccc1N=O. The largest absolute Gasteiger partial charge is 0.462 e. The second-order valence-electron chi connectivity index (χ2n) is 6.99. The first-order valence-corrected chi connectivity index (χ1v) is 10.3. The van der Waals surface area contributed by atoms with Gasteiger partial charge in [0, 0.05) is 24.2 Å². The summed E-state index contributed by atoms with van der Waals surface area (Å²) in [6.45, 7) is 7.74. The summed E-state index contributed by atoms with van der Waals surface area (Å²) in [4.78, 5) is 39.8. The summed E-state index contributed by atoms with van der Waals surface area (Å²) >= 11 is 0. The fourth-order valence-electron chi connectivity index (χ4n) is 3.76. The Morgan fingerprint density at radius 1 is 1.03 bits per heavy atom. The van der Waals surface area contributed by atoms with Gasteiger partial charge >= 0.3 is 11.9 Å². The smallest absolute Gasteiger partial charge is 0.340 e. The number of benzene rings is 2. The molecule has 0 aliphatic carbocycles. The molecule has 0 spiro atoms. The third kappa shape index (κ3) is 4.59. The number of nitroso groups, excluding NO2 is 1. The molecule has 2 aromatic carbocycles. The van der Waals surface area contributed by atoms with Gasteiger partial charge in [-0.15, -0.1) is 4.91 Å². The quantitative estimate of drug-likeness (QED) is 0.482. The number of hydrogen-bond donors (Lipinski definition) is 0. The molecular formula is C23H26N2O6. The molecule has 8 nitrogen and oxygen atoms in total. The summed E-state index contributed by atoms with van der Waals surface area (Å²) < 4.78 is 16.1. The van der Waals surface area contributed by atoms with Crippen molar-refractivity contribution in [3.63, 3.8) is 0 Å². The van der Waals surface area contributed by atoms with Crippen LogP contribution in [-0.4, -0.2) is 51.5 Å². The molecule has 31 heavy (non-hydrogen) atoms. The molecule has 1 aliphatic rings. The minimum atomic E-state index is -0.578. The van der Waals surface area contributed by atoms with Gasteiger partial charge in [-0.3, -0.25) is 0 Å². The number of carbonyl (C=O) groups excluding carboxylic acids is 2. The Morgan fingerprint density at radius 2 is 1.65 bits per heavy atom.